The number of benzene rings is 1. The molecule has 0 fully saturated rings. The van der Waals surface area contributed by atoms with Gasteiger partial charge in [-0.1, -0.05) is 11.6 Å². The van der Waals surface area contributed by atoms with Gasteiger partial charge < -0.3 is 19.2 Å². The van der Waals surface area contributed by atoms with E-state index < -0.39 is 23.8 Å². The number of carbonyl (C=O) groups excluding carboxylic acids is 3. The van der Waals surface area contributed by atoms with E-state index >= 15 is 0 Å². The normalized spacial score (nSPS) is 11.6. The summed E-state index contributed by atoms with van der Waals surface area (Å²) in [6.45, 7) is 6.20. The van der Waals surface area contributed by atoms with Crippen molar-refractivity contribution in [1.82, 2.24) is 4.98 Å². The average molecular weight is 408 g/mol. The highest BCUT2D eigenvalue weighted by Gasteiger charge is 2.27. The van der Waals surface area contributed by atoms with E-state index in [-0.39, 0.29) is 12.3 Å². The van der Waals surface area contributed by atoms with Crippen LogP contribution in [0.4, 0.5) is 0 Å². The summed E-state index contributed by atoms with van der Waals surface area (Å²) in [4.78, 5) is 39.4. The Morgan fingerprint density at radius 2 is 1.86 bits per heavy atom. The van der Waals surface area contributed by atoms with Gasteiger partial charge in [0.2, 0.25) is 5.78 Å². The molecule has 0 saturated carbocycles. The largest absolute Gasteiger partial charge is 0.482 e. The fourth-order valence-corrected chi connectivity index (χ4v) is 3.03. The summed E-state index contributed by atoms with van der Waals surface area (Å²) in [6.07, 6.45) is -1.05. The molecule has 28 heavy (non-hydrogen) atoms. The lowest BCUT2D eigenvalue weighted by Crippen LogP contribution is -2.28. The molecule has 0 amide bonds. The number of esters is 2. The molecule has 8 heteroatoms. The van der Waals surface area contributed by atoms with Crippen LogP contribution in [0, 0.1) is 20.8 Å². The molecule has 0 saturated heterocycles. The van der Waals surface area contributed by atoms with E-state index in [9.17, 15) is 14.4 Å². The molecule has 0 aliphatic carbocycles. The molecule has 1 heterocycles. The number of methoxy groups -OCH3 is 1. The summed E-state index contributed by atoms with van der Waals surface area (Å²) in [7, 11) is 1.27. The zero-order chi connectivity index (χ0) is 21.0. The first kappa shape index (κ1) is 21.5. The van der Waals surface area contributed by atoms with Gasteiger partial charge in [-0.3, -0.25) is 4.79 Å². The fourth-order valence-electron chi connectivity index (χ4n) is 2.80. The van der Waals surface area contributed by atoms with E-state index in [4.69, 9.17) is 25.8 Å². The van der Waals surface area contributed by atoms with Crippen molar-refractivity contribution in [2.24, 2.45) is 0 Å². The van der Waals surface area contributed by atoms with Gasteiger partial charge in [0.15, 0.2) is 12.7 Å². The van der Waals surface area contributed by atoms with Crippen LogP contribution in [0.15, 0.2) is 18.2 Å². The van der Waals surface area contributed by atoms with E-state index in [2.05, 4.69) is 4.98 Å². The Balaban J connectivity index is 2.02. The van der Waals surface area contributed by atoms with Crippen molar-refractivity contribution >= 4 is 29.3 Å². The minimum absolute atomic E-state index is 0.202. The van der Waals surface area contributed by atoms with Gasteiger partial charge in [0.1, 0.15) is 5.75 Å². The first-order chi connectivity index (χ1) is 13.1. The van der Waals surface area contributed by atoms with Gasteiger partial charge in [-0.2, -0.15) is 0 Å². The summed E-state index contributed by atoms with van der Waals surface area (Å²) in [5, 5.41) is 0.564. The van der Waals surface area contributed by atoms with Gasteiger partial charge in [0.05, 0.1) is 18.4 Å². The quantitative estimate of drug-likeness (QED) is 0.557. The third-order valence-electron chi connectivity index (χ3n) is 4.23. The maximum atomic E-state index is 12.6. The molecule has 0 radical (unpaired) electrons. The Morgan fingerprint density at radius 3 is 2.46 bits per heavy atom. The molecule has 2 aromatic rings. The lowest BCUT2D eigenvalue weighted by atomic mass is 10.1. The van der Waals surface area contributed by atoms with Crippen molar-refractivity contribution in [3.8, 4) is 5.75 Å². The average Bonchev–Trinajstić information content (AvgIpc) is 2.93. The predicted octanol–water partition coefficient (Wildman–Crippen LogP) is 3.57. The Labute approximate surface area is 167 Å². The minimum atomic E-state index is -1.05. The Hall–Kier alpha value is -2.80. The highest BCUT2D eigenvalue weighted by atomic mass is 35.5. The van der Waals surface area contributed by atoms with E-state index in [0.717, 1.165) is 5.56 Å². The minimum Gasteiger partial charge on any atom is -0.482 e. The molecule has 2 rings (SSSR count). The molecule has 1 aromatic heterocycles. The maximum Gasteiger partial charge on any atom is 0.344 e. The molecule has 7 nitrogen and oxygen atoms in total. The van der Waals surface area contributed by atoms with E-state index in [1.165, 1.54) is 14.0 Å². The number of hydrogen-bond donors (Lipinski definition) is 1. The fraction of sp³-hybridized carbons (Fsp3) is 0.350. The molecular weight excluding hydrogens is 386 g/mol. The molecule has 1 atom stereocenters. The van der Waals surface area contributed by atoms with Gasteiger partial charge in [0, 0.05) is 10.7 Å². The second-order valence-electron chi connectivity index (χ2n) is 6.31. The van der Waals surface area contributed by atoms with Crippen molar-refractivity contribution in [2.45, 2.75) is 33.8 Å². The van der Waals surface area contributed by atoms with Crippen molar-refractivity contribution in [1.29, 1.82) is 0 Å². The Bertz CT molecular complexity index is 918. The summed E-state index contributed by atoms with van der Waals surface area (Å²) in [5.41, 5.74) is 2.23. The SMILES string of the molecule is COC(=O)c1c(C)[nH]c(C(=O)C(C)OC(=O)COc2ccc(Cl)cc2C)c1C. The second kappa shape index (κ2) is 8.93. The first-order valence-electron chi connectivity index (χ1n) is 8.55. The van der Waals surface area contributed by atoms with Crippen LogP contribution < -0.4 is 4.74 Å². The molecule has 1 aromatic carbocycles. The monoisotopic (exact) mass is 407 g/mol. The summed E-state index contributed by atoms with van der Waals surface area (Å²) < 4.78 is 15.3. The number of ketones is 1. The number of ether oxygens (including phenoxy) is 3. The van der Waals surface area contributed by atoms with Crippen LogP contribution in [0.1, 0.15) is 44.6 Å². The highest BCUT2D eigenvalue weighted by molar-refractivity contribution is 6.30. The molecular formula is C20H22ClNO6. The predicted molar refractivity (Wildman–Crippen MR) is 103 cm³/mol. The lowest BCUT2D eigenvalue weighted by molar-refractivity contribution is -0.148. The van der Waals surface area contributed by atoms with Crippen LogP contribution in [-0.2, 0) is 14.3 Å². The van der Waals surface area contributed by atoms with Crippen LogP contribution >= 0.6 is 11.6 Å². The van der Waals surface area contributed by atoms with E-state index in [1.807, 2.05) is 0 Å². The lowest BCUT2D eigenvalue weighted by Gasteiger charge is -2.13. The number of nitrogens with one attached hydrogen (secondary N) is 1. The standard InChI is InChI=1S/C20H22ClNO6/c1-10-8-14(21)6-7-15(10)27-9-16(23)28-13(4)19(24)18-11(2)17(12(3)22-18)20(25)26-5/h6-8,13,22H,9H2,1-5H3. The van der Waals surface area contributed by atoms with Gasteiger partial charge in [-0.15, -0.1) is 0 Å². The summed E-state index contributed by atoms with van der Waals surface area (Å²) in [6, 6.07) is 5.01. The van der Waals surface area contributed by atoms with Gasteiger partial charge in [-0.05, 0) is 57.0 Å². The zero-order valence-electron chi connectivity index (χ0n) is 16.3. The summed E-state index contributed by atoms with van der Waals surface area (Å²) in [5.74, 6) is -1.18. The number of rotatable bonds is 7. The van der Waals surface area contributed by atoms with Crippen molar-refractivity contribution in [2.75, 3.05) is 13.7 Å². The number of aryl methyl sites for hydroxylation is 2. The summed E-state index contributed by atoms with van der Waals surface area (Å²) >= 11 is 5.88. The molecule has 1 N–H and O–H groups in total. The van der Waals surface area contributed by atoms with Gasteiger partial charge in [-0.25, -0.2) is 9.59 Å². The van der Waals surface area contributed by atoms with Crippen LogP contribution in [0.25, 0.3) is 0 Å². The van der Waals surface area contributed by atoms with Crippen LogP contribution in [0.5, 0.6) is 5.75 Å². The third-order valence-corrected chi connectivity index (χ3v) is 4.47. The second-order valence-corrected chi connectivity index (χ2v) is 6.75. The van der Waals surface area contributed by atoms with Gasteiger partial charge in [0.25, 0.3) is 0 Å². The number of halogens is 1. The number of hydrogen-bond acceptors (Lipinski definition) is 6. The van der Waals surface area contributed by atoms with E-state index in [1.54, 1.807) is 39.0 Å². The molecule has 1 unspecified atom stereocenters. The number of Topliss-reactive ketones (excluding diaryl/α,β-unsaturated/α-hetero) is 1. The van der Waals surface area contributed by atoms with Crippen molar-refractivity contribution < 1.29 is 28.6 Å². The zero-order valence-corrected chi connectivity index (χ0v) is 17.1. The van der Waals surface area contributed by atoms with Crippen LogP contribution in [0.2, 0.25) is 5.02 Å². The smallest absolute Gasteiger partial charge is 0.344 e. The maximum absolute atomic E-state index is 12.6. The topological polar surface area (TPSA) is 94.7 Å². The highest BCUT2D eigenvalue weighted by Crippen LogP contribution is 2.22. The number of H-pyrrole nitrogens is 1. The van der Waals surface area contributed by atoms with Crippen molar-refractivity contribution in [3.63, 3.8) is 0 Å². The van der Waals surface area contributed by atoms with Crippen LogP contribution in [0.3, 0.4) is 0 Å². The molecule has 0 spiro atoms. The molecule has 150 valence electrons. The molecule has 0 aliphatic heterocycles. The van der Waals surface area contributed by atoms with Crippen molar-refractivity contribution in [3.05, 3.63) is 51.3 Å². The third kappa shape index (κ3) is 4.72. The van der Waals surface area contributed by atoms with E-state index in [0.29, 0.717) is 27.6 Å². The Kier molecular flexibility index (Phi) is 6.85. The first-order valence-corrected chi connectivity index (χ1v) is 8.93. The van der Waals surface area contributed by atoms with Gasteiger partial charge >= 0.3 is 11.9 Å². The van der Waals surface area contributed by atoms with Crippen LogP contribution in [-0.4, -0.2) is 42.5 Å². The molecule has 0 bridgehead atoms. The molecule has 0 aliphatic rings. The Morgan fingerprint density at radius 1 is 1.18 bits per heavy atom. The number of aromatic amines is 1. The number of aromatic nitrogens is 1. The number of carbonyl (C=O) groups is 3.